The summed E-state index contributed by atoms with van der Waals surface area (Å²) in [7, 11) is 3.16. The molecular formula is C17H20ClN3O3. The molecule has 0 aliphatic heterocycles. The molecule has 6 nitrogen and oxygen atoms in total. The van der Waals surface area contributed by atoms with Crippen molar-refractivity contribution in [2.75, 3.05) is 32.7 Å². The van der Waals surface area contributed by atoms with E-state index in [4.69, 9.17) is 31.5 Å². The quantitative estimate of drug-likeness (QED) is 0.456. The van der Waals surface area contributed by atoms with Gasteiger partial charge in [-0.05, 0) is 36.4 Å². The van der Waals surface area contributed by atoms with Crippen LogP contribution in [0.1, 0.15) is 0 Å². The highest BCUT2D eigenvalue weighted by molar-refractivity contribution is 6.30. The summed E-state index contributed by atoms with van der Waals surface area (Å²) >= 11 is 5.81. The number of nitrogens with one attached hydrogen (secondary N) is 1. The van der Waals surface area contributed by atoms with Gasteiger partial charge in [-0.15, -0.1) is 0 Å². The average Bonchev–Trinajstić information content (AvgIpc) is 2.60. The number of aliphatic imine (C=N–C) groups is 1. The normalized spacial score (nSPS) is 11.0. The first-order chi connectivity index (χ1) is 11.6. The van der Waals surface area contributed by atoms with Crippen LogP contribution in [0.5, 0.6) is 17.2 Å². The predicted octanol–water partition coefficient (Wildman–Crippen LogP) is 3.16. The van der Waals surface area contributed by atoms with Crippen molar-refractivity contribution in [3.63, 3.8) is 0 Å². The Labute approximate surface area is 146 Å². The molecule has 2 aromatic rings. The van der Waals surface area contributed by atoms with Gasteiger partial charge in [0.15, 0.2) is 17.5 Å². The first-order valence-corrected chi connectivity index (χ1v) is 7.67. The number of nitrogens with two attached hydrogens (primary N) is 1. The molecule has 0 aliphatic rings. The molecule has 0 atom stereocenters. The summed E-state index contributed by atoms with van der Waals surface area (Å²) in [5.41, 5.74) is 6.62. The highest BCUT2D eigenvalue weighted by Gasteiger charge is 2.05. The van der Waals surface area contributed by atoms with Gasteiger partial charge < -0.3 is 25.3 Å². The Morgan fingerprint density at radius 3 is 2.46 bits per heavy atom. The lowest BCUT2D eigenvalue weighted by molar-refractivity contribution is 0.329. The minimum atomic E-state index is 0.293. The molecule has 0 saturated carbocycles. The van der Waals surface area contributed by atoms with Gasteiger partial charge >= 0.3 is 0 Å². The lowest BCUT2D eigenvalue weighted by Gasteiger charge is -2.11. The fourth-order valence-electron chi connectivity index (χ4n) is 1.96. The van der Waals surface area contributed by atoms with Crippen molar-refractivity contribution < 1.29 is 14.2 Å². The van der Waals surface area contributed by atoms with Gasteiger partial charge in [-0.1, -0.05) is 11.6 Å². The Hall–Kier alpha value is -2.60. The molecule has 24 heavy (non-hydrogen) atoms. The predicted molar refractivity (Wildman–Crippen MR) is 96.6 cm³/mol. The van der Waals surface area contributed by atoms with Gasteiger partial charge in [0.2, 0.25) is 0 Å². The molecule has 0 aliphatic carbocycles. The first-order valence-electron chi connectivity index (χ1n) is 7.29. The standard InChI is InChI=1S/C17H20ClN3O3/c1-22-15-8-5-13(11-16(15)23-2)21-17(19)20-9-10-24-14-6-3-12(18)4-7-14/h3-8,11H,9-10H2,1-2H3,(H3,19,20,21). The molecule has 2 rings (SSSR count). The van der Waals surface area contributed by atoms with Crippen molar-refractivity contribution in [3.05, 3.63) is 47.5 Å². The Kier molecular flexibility index (Phi) is 6.57. The third-order valence-electron chi connectivity index (χ3n) is 3.11. The minimum Gasteiger partial charge on any atom is -0.493 e. The van der Waals surface area contributed by atoms with Crippen LogP contribution in [0.4, 0.5) is 5.69 Å². The van der Waals surface area contributed by atoms with Gasteiger partial charge in [-0.3, -0.25) is 0 Å². The van der Waals surface area contributed by atoms with E-state index >= 15 is 0 Å². The van der Waals surface area contributed by atoms with Crippen LogP contribution in [-0.2, 0) is 0 Å². The first kappa shape index (κ1) is 17.7. The highest BCUT2D eigenvalue weighted by Crippen LogP contribution is 2.29. The topological polar surface area (TPSA) is 78.1 Å². The molecule has 2 aromatic carbocycles. The van der Waals surface area contributed by atoms with Crippen LogP contribution < -0.4 is 25.3 Å². The van der Waals surface area contributed by atoms with Crippen LogP contribution in [0.15, 0.2) is 47.5 Å². The van der Waals surface area contributed by atoms with Crippen LogP contribution >= 0.6 is 11.6 Å². The van der Waals surface area contributed by atoms with Gasteiger partial charge in [-0.25, -0.2) is 4.99 Å². The monoisotopic (exact) mass is 349 g/mol. The Balaban J connectivity index is 1.84. The number of methoxy groups -OCH3 is 2. The van der Waals surface area contributed by atoms with Crippen molar-refractivity contribution in [1.29, 1.82) is 0 Å². The van der Waals surface area contributed by atoms with Gasteiger partial charge in [0.25, 0.3) is 0 Å². The van der Waals surface area contributed by atoms with Crippen LogP contribution in [0.2, 0.25) is 5.02 Å². The number of guanidine groups is 1. The second-order valence-electron chi connectivity index (χ2n) is 4.76. The number of ether oxygens (including phenoxy) is 3. The van der Waals surface area contributed by atoms with Crippen molar-refractivity contribution in [2.45, 2.75) is 0 Å². The maximum absolute atomic E-state index is 5.86. The molecule has 0 fully saturated rings. The lowest BCUT2D eigenvalue weighted by Crippen LogP contribution is -2.23. The number of halogens is 1. The van der Waals surface area contributed by atoms with Crippen LogP contribution in [0.25, 0.3) is 0 Å². The van der Waals surface area contributed by atoms with Gasteiger partial charge in [0.05, 0.1) is 20.8 Å². The Morgan fingerprint density at radius 1 is 1.08 bits per heavy atom. The maximum Gasteiger partial charge on any atom is 0.193 e. The number of nitrogens with zero attached hydrogens (tertiary/aromatic N) is 1. The Morgan fingerprint density at radius 2 is 1.79 bits per heavy atom. The summed E-state index contributed by atoms with van der Waals surface area (Å²) in [6.07, 6.45) is 0. The van der Waals surface area contributed by atoms with E-state index in [9.17, 15) is 0 Å². The number of hydrogen-bond donors (Lipinski definition) is 2. The fraction of sp³-hybridized carbons (Fsp3) is 0.235. The molecule has 0 radical (unpaired) electrons. The van der Waals surface area contributed by atoms with Crippen LogP contribution in [-0.4, -0.2) is 33.3 Å². The molecule has 128 valence electrons. The zero-order valence-electron chi connectivity index (χ0n) is 13.6. The van der Waals surface area contributed by atoms with E-state index in [1.165, 1.54) is 0 Å². The number of hydrogen-bond acceptors (Lipinski definition) is 4. The molecule has 0 heterocycles. The molecule has 0 spiro atoms. The highest BCUT2D eigenvalue weighted by atomic mass is 35.5. The Bertz CT molecular complexity index is 690. The van der Waals surface area contributed by atoms with Crippen LogP contribution in [0, 0.1) is 0 Å². The average molecular weight is 350 g/mol. The number of anilines is 1. The summed E-state index contributed by atoms with van der Waals surface area (Å²) < 4.78 is 16.0. The third kappa shape index (κ3) is 5.24. The summed E-state index contributed by atoms with van der Waals surface area (Å²) in [5.74, 6) is 2.29. The van der Waals surface area contributed by atoms with Crippen molar-refractivity contribution in [3.8, 4) is 17.2 Å². The molecule has 7 heteroatoms. The minimum absolute atomic E-state index is 0.293. The summed E-state index contributed by atoms with van der Waals surface area (Å²) in [4.78, 5) is 4.21. The third-order valence-corrected chi connectivity index (χ3v) is 3.36. The van der Waals surface area contributed by atoms with E-state index in [1.54, 1.807) is 50.6 Å². The fourth-order valence-corrected chi connectivity index (χ4v) is 2.09. The maximum atomic E-state index is 5.86. The summed E-state index contributed by atoms with van der Waals surface area (Å²) in [6, 6.07) is 12.5. The van der Waals surface area contributed by atoms with E-state index in [0.717, 1.165) is 11.4 Å². The molecule has 3 N–H and O–H groups in total. The van der Waals surface area contributed by atoms with E-state index in [0.29, 0.717) is 35.6 Å². The zero-order chi connectivity index (χ0) is 17.4. The van der Waals surface area contributed by atoms with Gasteiger partial charge in [-0.2, -0.15) is 0 Å². The summed E-state index contributed by atoms with van der Waals surface area (Å²) in [5, 5.41) is 3.66. The smallest absolute Gasteiger partial charge is 0.193 e. The molecule has 0 bridgehead atoms. The van der Waals surface area contributed by atoms with E-state index in [2.05, 4.69) is 10.3 Å². The van der Waals surface area contributed by atoms with E-state index in [1.807, 2.05) is 6.07 Å². The largest absolute Gasteiger partial charge is 0.493 e. The second-order valence-corrected chi connectivity index (χ2v) is 5.20. The van der Waals surface area contributed by atoms with Gasteiger partial charge in [0.1, 0.15) is 12.4 Å². The summed E-state index contributed by atoms with van der Waals surface area (Å²) in [6.45, 7) is 0.838. The number of benzene rings is 2. The zero-order valence-corrected chi connectivity index (χ0v) is 14.3. The molecule has 0 amide bonds. The molecule has 0 saturated heterocycles. The van der Waals surface area contributed by atoms with Crippen molar-refractivity contribution in [2.24, 2.45) is 10.7 Å². The van der Waals surface area contributed by atoms with Crippen molar-refractivity contribution in [1.82, 2.24) is 0 Å². The second kappa shape index (κ2) is 8.88. The van der Waals surface area contributed by atoms with Gasteiger partial charge in [0, 0.05) is 16.8 Å². The SMILES string of the molecule is COc1ccc(NC(N)=NCCOc2ccc(Cl)cc2)cc1OC. The van der Waals surface area contributed by atoms with Crippen molar-refractivity contribution >= 4 is 23.2 Å². The molecule has 0 aromatic heterocycles. The number of rotatable bonds is 7. The van der Waals surface area contributed by atoms with E-state index < -0.39 is 0 Å². The molecule has 0 unspecified atom stereocenters. The molecular weight excluding hydrogens is 330 g/mol. The van der Waals surface area contributed by atoms with Crippen LogP contribution in [0.3, 0.4) is 0 Å². The van der Waals surface area contributed by atoms with E-state index in [-0.39, 0.29) is 0 Å². The lowest BCUT2D eigenvalue weighted by atomic mass is 10.3.